The second-order valence-electron chi connectivity index (χ2n) is 11.4. The molecule has 0 saturated carbocycles. The summed E-state index contributed by atoms with van der Waals surface area (Å²) in [6, 6.07) is 27.7. The van der Waals surface area contributed by atoms with Crippen molar-refractivity contribution in [3.8, 4) is 0 Å². The molecule has 41 heavy (non-hydrogen) atoms. The Morgan fingerprint density at radius 2 is 1.66 bits per heavy atom. The molecule has 0 N–H and O–H groups in total. The SMILES string of the molecule is Cc1ccc(SC2O[C@H]([C@H](C)N(Cc3ccccc3)[S+]([O-])C(C)(C)C)[C@@H](OCc3ccccc3)C[C@H]2N=[N+]=[N-])cc1. The fraction of sp³-hybridized carbons (Fsp3) is 0.438. The summed E-state index contributed by atoms with van der Waals surface area (Å²) in [5, 5.41) is 4.15. The molecule has 0 radical (unpaired) electrons. The molecule has 1 saturated heterocycles. The Kier molecular flexibility index (Phi) is 11.2. The first-order chi connectivity index (χ1) is 19.7. The van der Waals surface area contributed by atoms with Gasteiger partial charge in [-0.25, -0.2) is 0 Å². The molecule has 7 nitrogen and oxygen atoms in total. The lowest BCUT2D eigenvalue weighted by Gasteiger charge is -2.45. The summed E-state index contributed by atoms with van der Waals surface area (Å²) >= 11 is 0.234. The van der Waals surface area contributed by atoms with Crippen LogP contribution in [0.2, 0.25) is 0 Å². The van der Waals surface area contributed by atoms with Crippen LogP contribution >= 0.6 is 11.8 Å². The Labute approximate surface area is 251 Å². The highest BCUT2D eigenvalue weighted by Crippen LogP contribution is 2.39. The van der Waals surface area contributed by atoms with Crippen molar-refractivity contribution < 1.29 is 14.0 Å². The molecule has 2 unspecified atom stereocenters. The lowest BCUT2D eigenvalue weighted by atomic mass is 9.96. The average molecular weight is 593 g/mol. The molecule has 9 heteroatoms. The first-order valence-corrected chi connectivity index (χ1v) is 16.0. The van der Waals surface area contributed by atoms with Crippen LogP contribution in [-0.4, -0.2) is 43.3 Å². The van der Waals surface area contributed by atoms with Crippen LogP contribution in [0.1, 0.15) is 50.8 Å². The smallest absolute Gasteiger partial charge is 0.137 e. The van der Waals surface area contributed by atoms with Crippen molar-refractivity contribution in [2.75, 3.05) is 0 Å². The standard InChI is InChI=1S/C32H40N4O3S2/c1-23-16-18-27(19-17-23)40-31-28(34-35-33)20-29(38-22-26-14-10-7-11-15-26)30(39-31)24(2)36(41(37)32(3,4)5)21-25-12-8-6-9-13-25/h6-19,24,28-31H,20-22H2,1-5H3/t24-,28+,29-,30+,31?,41?/m0/s1. The summed E-state index contributed by atoms with van der Waals surface area (Å²) in [5.41, 5.74) is 12.3. The van der Waals surface area contributed by atoms with Gasteiger partial charge in [-0.2, -0.15) is 0 Å². The molecule has 1 heterocycles. The molecule has 4 rings (SSSR count). The minimum absolute atomic E-state index is 0.260. The third-order valence-corrected chi connectivity index (χ3v) is 10.2. The topological polar surface area (TPSA) is 93.5 Å². The van der Waals surface area contributed by atoms with E-state index >= 15 is 0 Å². The Morgan fingerprint density at radius 1 is 1.05 bits per heavy atom. The van der Waals surface area contributed by atoms with Crippen molar-refractivity contribution in [1.29, 1.82) is 0 Å². The van der Waals surface area contributed by atoms with E-state index in [1.165, 1.54) is 5.56 Å². The Hall–Kier alpha value is -2.49. The van der Waals surface area contributed by atoms with Crippen molar-refractivity contribution in [1.82, 2.24) is 4.31 Å². The van der Waals surface area contributed by atoms with Crippen LogP contribution in [0.4, 0.5) is 0 Å². The van der Waals surface area contributed by atoms with Gasteiger partial charge in [0.25, 0.3) is 0 Å². The van der Waals surface area contributed by atoms with Gasteiger partial charge < -0.3 is 14.0 Å². The molecule has 0 aromatic heterocycles. The predicted molar refractivity (Wildman–Crippen MR) is 168 cm³/mol. The van der Waals surface area contributed by atoms with Gasteiger partial charge in [0.1, 0.15) is 16.3 Å². The number of nitrogens with zero attached hydrogens (tertiary/aromatic N) is 4. The molecule has 0 aliphatic carbocycles. The number of hydrogen-bond donors (Lipinski definition) is 0. The molecule has 3 aromatic carbocycles. The molecule has 0 spiro atoms. The van der Waals surface area contributed by atoms with E-state index in [1.807, 2.05) is 73.6 Å². The van der Waals surface area contributed by atoms with E-state index in [0.29, 0.717) is 19.6 Å². The van der Waals surface area contributed by atoms with E-state index in [9.17, 15) is 10.1 Å². The number of rotatable bonds is 11. The maximum Gasteiger partial charge on any atom is 0.137 e. The van der Waals surface area contributed by atoms with E-state index in [4.69, 9.17) is 9.47 Å². The Balaban J connectivity index is 1.66. The molecular formula is C32H40N4O3S2. The van der Waals surface area contributed by atoms with Crippen molar-refractivity contribution in [3.05, 3.63) is 112 Å². The lowest BCUT2D eigenvalue weighted by Crippen LogP contribution is -2.58. The molecule has 0 bridgehead atoms. The minimum Gasteiger partial charge on any atom is -0.597 e. The van der Waals surface area contributed by atoms with Gasteiger partial charge in [-0.1, -0.05) is 95.2 Å². The van der Waals surface area contributed by atoms with Crippen LogP contribution in [0, 0.1) is 6.92 Å². The van der Waals surface area contributed by atoms with Gasteiger partial charge in [-0.05, 0) is 69.8 Å². The van der Waals surface area contributed by atoms with E-state index in [1.54, 1.807) is 11.8 Å². The van der Waals surface area contributed by atoms with Gasteiger partial charge in [-0.15, -0.1) is 4.31 Å². The number of aryl methyl sites for hydroxylation is 1. The summed E-state index contributed by atoms with van der Waals surface area (Å²) in [6.07, 6.45) is -0.288. The highest BCUT2D eigenvalue weighted by Gasteiger charge is 2.47. The quantitative estimate of drug-likeness (QED) is 0.0979. The average Bonchev–Trinajstić information content (AvgIpc) is 2.97. The number of hydrogen-bond acceptors (Lipinski definition) is 6. The van der Waals surface area contributed by atoms with Crippen molar-refractivity contribution in [2.24, 2.45) is 5.11 Å². The fourth-order valence-electron chi connectivity index (χ4n) is 4.84. The molecule has 0 amide bonds. The maximum absolute atomic E-state index is 14.0. The summed E-state index contributed by atoms with van der Waals surface area (Å²) in [6.45, 7) is 11.0. The van der Waals surface area contributed by atoms with Crippen LogP contribution in [-0.2, 0) is 34.0 Å². The van der Waals surface area contributed by atoms with Crippen LogP contribution in [0.25, 0.3) is 10.4 Å². The largest absolute Gasteiger partial charge is 0.597 e. The number of thioether (sulfide) groups is 1. The molecule has 218 valence electrons. The third-order valence-electron chi connectivity index (χ3n) is 7.07. The number of ether oxygens (including phenoxy) is 2. The van der Waals surface area contributed by atoms with Gasteiger partial charge in [-0.3, -0.25) is 0 Å². The van der Waals surface area contributed by atoms with E-state index in [0.717, 1.165) is 16.0 Å². The Morgan fingerprint density at radius 3 is 2.24 bits per heavy atom. The molecule has 1 aliphatic rings. The normalized spacial score (nSPS) is 22.6. The minimum atomic E-state index is -1.32. The van der Waals surface area contributed by atoms with E-state index < -0.39 is 33.7 Å². The summed E-state index contributed by atoms with van der Waals surface area (Å²) in [5.74, 6) is 0. The zero-order valence-corrected chi connectivity index (χ0v) is 26.1. The third kappa shape index (κ3) is 8.75. The number of benzene rings is 3. The van der Waals surface area contributed by atoms with Crippen molar-refractivity contribution in [3.63, 3.8) is 0 Å². The molecule has 1 aliphatic heterocycles. The molecule has 1 fully saturated rings. The van der Waals surface area contributed by atoms with Gasteiger partial charge in [0, 0.05) is 21.2 Å². The maximum atomic E-state index is 14.0. The van der Waals surface area contributed by atoms with Crippen LogP contribution in [0.5, 0.6) is 0 Å². The van der Waals surface area contributed by atoms with Crippen molar-refractivity contribution >= 4 is 23.1 Å². The van der Waals surface area contributed by atoms with Gasteiger partial charge in [0.05, 0.1) is 31.3 Å². The van der Waals surface area contributed by atoms with Gasteiger partial charge in [0.15, 0.2) is 0 Å². The summed E-state index contributed by atoms with van der Waals surface area (Å²) in [4.78, 5) is 4.19. The Bertz CT molecular complexity index is 1270. The predicted octanol–water partition coefficient (Wildman–Crippen LogP) is 7.82. The number of azide groups is 1. The van der Waals surface area contributed by atoms with Crippen LogP contribution in [0.15, 0.2) is 94.9 Å². The second kappa shape index (κ2) is 14.6. The molecule has 6 atom stereocenters. The van der Waals surface area contributed by atoms with Gasteiger partial charge in [0.2, 0.25) is 0 Å². The van der Waals surface area contributed by atoms with E-state index in [-0.39, 0.29) is 12.1 Å². The highest BCUT2D eigenvalue weighted by molar-refractivity contribution is 7.99. The van der Waals surface area contributed by atoms with Crippen molar-refractivity contribution in [2.45, 2.75) is 93.6 Å². The van der Waals surface area contributed by atoms with Gasteiger partial charge >= 0.3 is 0 Å². The monoisotopic (exact) mass is 592 g/mol. The van der Waals surface area contributed by atoms with Crippen LogP contribution < -0.4 is 0 Å². The first-order valence-electron chi connectivity index (χ1n) is 14.0. The zero-order chi connectivity index (χ0) is 29.4. The lowest BCUT2D eigenvalue weighted by molar-refractivity contribution is -0.145. The molecule has 3 aromatic rings. The fourth-order valence-corrected chi connectivity index (χ4v) is 7.30. The second-order valence-corrected chi connectivity index (χ2v) is 14.8. The van der Waals surface area contributed by atoms with E-state index in [2.05, 4.69) is 60.3 Å². The zero-order valence-electron chi connectivity index (χ0n) is 24.4. The summed E-state index contributed by atoms with van der Waals surface area (Å²) in [7, 11) is 0. The first kappa shape index (κ1) is 31.4. The van der Waals surface area contributed by atoms with Crippen LogP contribution in [0.3, 0.4) is 0 Å². The molecular weight excluding hydrogens is 553 g/mol. The summed E-state index contributed by atoms with van der Waals surface area (Å²) < 4.78 is 28.9. The highest BCUT2D eigenvalue weighted by atomic mass is 32.2.